The number of carbonyl (C=O) groups excluding carboxylic acids is 2. The molecule has 0 aromatic heterocycles. The van der Waals surface area contributed by atoms with Crippen molar-refractivity contribution in [1.82, 2.24) is 0 Å². The number of para-hydroxylation sites is 1. The Hall–Kier alpha value is -3.42. The van der Waals surface area contributed by atoms with Crippen molar-refractivity contribution in [2.75, 3.05) is 32.8 Å². The van der Waals surface area contributed by atoms with Gasteiger partial charge >= 0.3 is 5.97 Å². The molecule has 8 nitrogen and oxygen atoms in total. The minimum absolute atomic E-state index is 0.318. The van der Waals surface area contributed by atoms with Crippen LogP contribution in [0.25, 0.3) is 0 Å². The van der Waals surface area contributed by atoms with Gasteiger partial charge in [0.25, 0.3) is 5.91 Å². The van der Waals surface area contributed by atoms with Crippen LogP contribution in [0.4, 0.5) is 5.69 Å². The SMILES string of the molecule is COc1ccc(OC)c(NC(=O)COC(=O)COc2cccc3c2OC(C)(C)C3)c1. The van der Waals surface area contributed by atoms with E-state index in [0.29, 0.717) is 28.7 Å². The van der Waals surface area contributed by atoms with E-state index in [1.54, 1.807) is 24.3 Å². The summed E-state index contributed by atoms with van der Waals surface area (Å²) in [5.41, 5.74) is 1.12. The van der Waals surface area contributed by atoms with E-state index in [0.717, 1.165) is 12.0 Å². The number of fused-ring (bicyclic) bond motifs is 1. The minimum atomic E-state index is -0.669. The molecule has 0 radical (unpaired) electrons. The van der Waals surface area contributed by atoms with E-state index in [-0.39, 0.29) is 12.2 Å². The number of esters is 1. The number of ether oxygens (including phenoxy) is 5. The van der Waals surface area contributed by atoms with E-state index >= 15 is 0 Å². The second kappa shape index (κ2) is 8.94. The van der Waals surface area contributed by atoms with Crippen LogP contribution in [0.3, 0.4) is 0 Å². The molecule has 0 unspecified atom stereocenters. The quantitative estimate of drug-likeness (QED) is 0.663. The minimum Gasteiger partial charge on any atom is -0.497 e. The Balaban J connectivity index is 1.50. The first-order chi connectivity index (χ1) is 14.3. The molecular formula is C22H25NO7. The Bertz CT molecular complexity index is 939. The van der Waals surface area contributed by atoms with E-state index in [1.807, 2.05) is 26.0 Å². The Morgan fingerprint density at radius 3 is 2.60 bits per heavy atom. The molecule has 2 aromatic carbocycles. The van der Waals surface area contributed by atoms with Crippen molar-refractivity contribution in [2.45, 2.75) is 25.9 Å². The van der Waals surface area contributed by atoms with Gasteiger partial charge < -0.3 is 29.0 Å². The third-order valence-electron chi connectivity index (χ3n) is 4.45. The van der Waals surface area contributed by atoms with Crippen molar-refractivity contribution >= 4 is 17.6 Å². The number of nitrogens with one attached hydrogen (secondary N) is 1. The predicted octanol–water partition coefficient (Wildman–Crippen LogP) is 2.98. The molecular weight excluding hydrogens is 390 g/mol. The van der Waals surface area contributed by atoms with Gasteiger partial charge in [0.2, 0.25) is 0 Å². The summed E-state index contributed by atoms with van der Waals surface area (Å²) >= 11 is 0. The summed E-state index contributed by atoms with van der Waals surface area (Å²) in [6.45, 7) is 3.18. The van der Waals surface area contributed by atoms with Crippen LogP contribution in [0, 0.1) is 0 Å². The number of hydrogen-bond donors (Lipinski definition) is 1. The molecule has 8 heteroatoms. The summed E-state index contributed by atoms with van der Waals surface area (Å²) in [5.74, 6) is 0.939. The first-order valence-corrected chi connectivity index (χ1v) is 9.42. The monoisotopic (exact) mass is 415 g/mol. The maximum Gasteiger partial charge on any atom is 0.344 e. The normalized spacial score (nSPS) is 13.6. The molecule has 0 saturated carbocycles. The molecule has 0 aliphatic carbocycles. The zero-order valence-electron chi connectivity index (χ0n) is 17.4. The number of anilines is 1. The van der Waals surface area contributed by atoms with Gasteiger partial charge in [0.15, 0.2) is 24.7 Å². The zero-order chi connectivity index (χ0) is 21.7. The summed E-state index contributed by atoms with van der Waals surface area (Å²) < 4.78 is 26.8. The highest BCUT2D eigenvalue weighted by molar-refractivity contribution is 5.94. The number of hydrogen-bond acceptors (Lipinski definition) is 7. The fourth-order valence-corrected chi connectivity index (χ4v) is 3.12. The third kappa shape index (κ3) is 5.14. The van der Waals surface area contributed by atoms with E-state index in [4.69, 9.17) is 23.7 Å². The largest absolute Gasteiger partial charge is 0.497 e. The number of methoxy groups -OCH3 is 2. The van der Waals surface area contributed by atoms with E-state index < -0.39 is 18.5 Å². The van der Waals surface area contributed by atoms with Crippen molar-refractivity contribution in [2.24, 2.45) is 0 Å². The zero-order valence-corrected chi connectivity index (χ0v) is 17.4. The smallest absolute Gasteiger partial charge is 0.344 e. The molecule has 160 valence electrons. The second-order valence-electron chi connectivity index (χ2n) is 7.35. The van der Waals surface area contributed by atoms with Gasteiger partial charge in [0.05, 0.1) is 19.9 Å². The van der Waals surface area contributed by atoms with Crippen LogP contribution in [-0.4, -0.2) is 44.9 Å². The first-order valence-electron chi connectivity index (χ1n) is 9.42. The van der Waals surface area contributed by atoms with Gasteiger partial charge in [-0.2, -0.15) is 0 Å². The Morgan fingerprint density at radius 2 is 1.87 bits per heavy atom. The molecule has 1 aliphatic heterocycles. The molecule has 1 aliphatic rings. The molecule has 30 heavy (non-hydrogen) atoms. The number of amides is 1. The summed E-state index contributed by atoms with van der Waals surface area (Å²) in [6.07, 6.45) is 0.762. The van der Waals surface area contributed by atoms with Gasteiger partial charge in [-0.15, -0.1) is 0 Å². The summed E-state index contributed by atoms with van der Waals surface area (Å²) in [5, 5.41) is 2.63. The lowest BCUT2D eigenvalue weighted by atomic mass is 10.0. The van der Waals surface area contributed by atoms with Gasteiger partial charge in [-0.25, -0.2) is 4.79 Å². The number of carbonyl (C=O) groups is 2. The predicted molar refractivity (Wildman–Crippen MR) is 109 cm³/mol. The van der Waals surface area contributed by atoms with E-state index in [1.165, 1.54) is 14.2 Å². The molecule has 0 bridgehead atoms. The van der Waals surface area contributed by atoms with Gasteiger partial charge in [0, 0.05) is 18.1 Å². The molecule has 3 rings (SSSR count). The topological polar surface area (TPSA) is 92.3 Å². The number of rotatable bonds is 8. The maximum absolute atomic E-state index is 12.1. The lowest BCUT2D eigenvalue weighted by molar-refractivity contribution is -0.149. The van der Waals surface area contributed by atoms with Crippen LogP contribution in [-0.2, 0) is 20.7 Å². The van der Waals surface area contributed by atoms with Gasteiger partial charge in [-0.05, 0) is 32.0 Å². The van der Waals surface area contributed by atoms with Crippen molar-refractivity contribution in [3.63, 3.8) is 0 Å². The summed E-state index contributed by atoms with van der Waals surface area (Å²) in [6, 6.07) is 10.5. The highest BCUT2D eigenvalue weighted by Gasteiger charge is 2.32. The fourth-order valence-electron chi connectivity index (χ4n) is 3.12. The van der Waals surface area contributed by atoms with Crippen molar-refractivity contribution in [1.29, 1.82) is 0 Å². The molecule has 1 heterocycles. The first kappa shape index (κ1) is 21.3. The van der Waals surface area contributed by atoms with Crippen molar-refractivity contribution < 1.29 is 33.3 Å². The molecule has 2 aromatic rings. The molecule has 0 atom stereocenters. The second-order valence-corrected chi connectivity index (χ2v) is 7.35. The lowest BCUT2D eigenvalue weighted by Crippen LogP contribution is -2.25. The van der Waals surface area contributed by atoms with E-state index in [2.05, 4.69) is 5.32 Å². The van der Waals surface area contributed by atoms with Gasteiger partial charge in [-0.3, -0.25) is 4.79 Å². The third-order valence-corrected chi connectivity index (χ3v) is 4.45. The fraction of sp³-hybridized carbons (Fsp3) is 0.364. The van der Waals surface area contributed by atoms with Crippen LogP contribution in [0.15, 0.2) is 36.4 Å². The average molecular weight is 415 g/mol. The van der Waals surface area contributed by atoms with Crippen LogP contribution in [0.5, 0.6) is 23.0 Å². The molecule has 1 amide bonds. The summed E-state index contributed by atoms with van der Waals surface area (Å²) in [4.78, 5) is 24.1. The lowest BCUT2D eigenvalue weighted by Gasteiger charge is -2.18. The van der Waals surface area contributed by atoms with Crippen LogP contribution in [0.2, 0.25) is 0 Å². The van der Waals surface area contributed by atoms with Crippen LogP contribution >= 0.6 is 0 Å². The molecule has 0 spiro atoms. The van der Waals surface area contributed by atoms with E-state index in [9.17, 15) is 9.59 Å². The Kier molecular flexibility index (Phi) is 6.34. The van der Waals surface area contributed by atoms with Crippen LogP contribution < -0.4 is 24.3 Å². The van der Waals surface area contributed by atoms with Crippen molar-refractivity contribution in [3.05, 3.63) is 42.0 Å². The Labute approximate surface area is 175 Å². The molecule has 0 saturated heterocycles. The highest BCUT2D eigenvalue weighted by Crippen LogP contribution is 2.41. The van der Waals surface area contributed by atoms with Crippen molar-refractivity contribution in [3.8, 4) is 23.0 Å². The van der Waals surface area contributed by atoms with Gasteiger partial charge in [0.1, 0.15) is 17.1 Å². The number of benzene rings is 2. The Morgan fingerprint density at radius 1 is 1.07 bits per heavy atom. The highest BCUT2D eigenvalue weighted by atomic mass is 16.6. The maximum atomic E-state index is 12.1. The average Bonchev–Trinajstić information content (AvgIpc) is 3.04. The molecule has 1 N–H and O–H groups in total. The summed E-state index contributed by atoms with van der Waals surface area (Å²) in [7, 11) is 3.00. The van der Waals surface area contributed by atoms with Gasteiger partial charge in [-0.1, -0.05) is 12.1 Å². The molecule has 0 fully saturated rings. The van der Waals surface area contributed by atoms with Crippen LogP contribution in [0.1, 0.15) is 19.4 Å². The standard InChI is InChI=1S/C22H25NO7/c1-22(2)11-14-6-5-7-18(21(14)30-22)28-13-20(25)29-12-19(24)23-16-10-15(26-3)8-9-17(16)27-4/h5-10H,11-13H2,1-4H3,(H,23,24).